The fourth-order valence-corrected chi connectivity index (χ4v) is 5.76. The van der Waals surface area contributed by atoms with Crippen LogP contribution in [0.5, 0.6) is 0 Å². The van der Waals surface area contributed by atoms with Crippen LogP contribution in [0.2, 0.25) is 0 Å². The molecule has 19 heavy (non-hydrogen) atoms. The molecule has 1 aliphatic rings. The monoisotopic (exact) mass is 299 g/mol. The summed E-state index contributed by atoms with van der Waals surface area (Å²) in [6.45, 7) is 5.49. The van der Waals surface area contributed by atoms with E-state index in [4.69, 9.17) is 0 Å². The highest BCUT2D eigenvalue weighted by molar-refractivity contribution is 7.88. The van der Waals surface area contributed by atoms with Gasteiger partial charge in [-0.2, -0.15) is 0 Å². The van der Waals surface area contributed by atoms with Gasteiger partial charge in [0.2, 0.25) is 0 Å². The molecule has 1 aromatic heterocycles. The lowest BCUT2D eigenvalue weighted by atomic mass is 9.84. The highest BCUT2D eigenvalue weighted by Crippen LogP contribution is 2.33. The third-order valence-corrected chi connectivity index (χ3v) is 7.15. The summed E-state index contributed by atoms with van der Waals surface area (Å²) >= 11 is 1.63. The first-order chi connectivity index (χ1) is 9.26. The van der Waals surface area contributed by atoms with Gasteiger partial charge in [0.1, 0.15) is 0 Å². The molecule has 1 N–H and O–H groups in total. The number of nitrogens with one attached hydrogen (secondary N) is 1. The number of rotatable bonds is 6. The molecule has 2 rings (SSSR count). The van der Waals surface area contributed by atoms with E-state index in [-0.39, 0.29) is 0 Å². The predicted octanol–water partition coefficient (Wildman–Crippen LogP) is 3.80. The largest absolute Gasteiger partial charge is 0.313 e. The molecular formula is C15H25NOS2. The van der Waals surface area contributed by atoms with Gasteiger partial charge in [-0.1, -0.05) is 26.3 Å². The fourth-order valence-electron chi connectivity index (χ4n) is 2.91. The maximum Gasteiger partial charge on any atom is 0.0914 e. The second kappa shape index (κ2) is 7.55. The highest BCUT2D eigenvalue weighted by Gasteiger charge is 2.34. The van der Waals surface area contributed by atoms with Crippen molar-refractivity contribution in [2.75, 3.05) is 6.54 Å². The summed E-state index contributed by atoms with van der Waals surface area (Å²) in [4.78, 5) is 0. The van der Waals surface area contributed by atoms with Crippen molar-refractivity contribution in [2.24, 2.45) is 5.92 Å². The molecule has 1 aliphatic carbocycles. The summed E-state index contributed by atoms with van der Waals surface area (Å²) in [7, 11) is -0.839. The number of hydrogen-bond acceptors (Lipinski definition) is 3. The Morgan fingerprint density at radius 2 is 2.26 bits per heavy atom. The highest BCUT2D eigenvalue weighted by atomic mass is 32.2. The third kappa shape index (κ3) is 3.89. The predicted molar refractivity (Wildman–Crippen MR) is 84.2 cm³/mol. The molecule has 4 unspecified atom stereocenters. The molecular weight excluding hydrogens is 274 g/mol. The first kappa shape index (κ1) is 15.2. The van der Waals surface area contributed by atoms with E-state index < -0.39 is 10.8 Å². The number of hydrogen-bond donors (Lipinski definition) is 1. The molecule has 4 heteroatoms. The molecule has 2 nitrogen and oxygen atoms in total. The zero-order valence-electron chi connectivity index (χ0n) is 11.9. The fraction of sp³-hybridized carbons (Fsp3) is 0.733. The SMILES string of the molecule is CCCNC1CCC(CC)CC1S(=O)c1cccs1. The van der Waals surface area contributed by atoms with Crippen LogP contribution < -0.4 is 5.32 Å². The van der Waals surface area contributed by atoms with Crippen LogP contribution in [0.1, 0.15) is 46.0 Å². The Morgan fingerprint density at radius 1 is 1.42 bits per heavy atom. The molecule has 108 valence electrons. The quantitative estimate of drug-likeness (QED) is 0.865. The first-order valence-electron chi connectivity index (χ1n) is 7.43. The van der Waals surface area contributed by atoms with Gasteiger partial charge in [-0.05, 0) is 49.6 Å². The molecule has 0 amide bonds. The summed E-state index contributed by atoms with van der Waals surface area (Å²) in [6.07, 6.45) is 5.95. The second-order valence-electron chi connectivity index (χ2n) is 5.42. The molecule has 1 saturated carbocycles. The van der Waals surface area contributed by atoms with Crippen LogP contribution in [0, 0.1) is 5.92 Å². The van der Waals surface area contributed by atoms with E-state index in [1.54, 1.807) is 11.3 Å². The van der Waals surface area contributed by atoms with Gasteiger partial charge in [-0.3, -0.25) is 4.21 Å². The van der Waals surface area contributed by atoms with Crippen LogP contribution in [0.25, 0.3) is 0 Å². The maximum absolute atomic E-state index is 12.8. The van der Waals surface area contributed by atoms with Crippen LogP contribution in [-0.2, 0) is 10.8 Å². The molecule has 0 aliphatic heterocycles. The summed E-state index contributed by atoms with van der Waals surface area (Å²) in [5.74, 6) is 0.758. The van der Waals surface area contributed by atoms with Crippen LogP contribution in [0.4, 0.5) is 0 Å². The lowest BCUT2D eigenvalue weighted by molar-refractivity contribution is 0.292. The Balaban J connectivity index is 2.08. The van der Waals surface area contributed by atoms with Crippen LogP contribution in [0.3, 0.4) is 0 Å². The molecule has 1 fully saturated rings. The lowest BCUT2D eigenvalue weighted by Gasteiger charge is -2.35. The van der Waals surface area contributed by atoms with Crippen molar-refractivity contribution in [3.63, 3.8) is 0 Å². The zero-order chi connectivity index (χ0) is 13.7. The molecule has 4 atom stereocenters. The summed E-state index contributed by atoms with van der Waals surface area (Å²) in [5, 5.41) is 5.95. The molecule has 0 aromatic carbocycles. The first-order valence-corrected chi connectivity index (χ1v) is 9.53. The van der Waals surface area contributed by atoms with Crippen molar-refractivity contribution in [1.29, 1.82) is 0 Å². The van der Waals surface area contributed by atoms with E-state index in [0.29, 0.717) is 11.3 Å². The standard InChI is InChI=1S/C15H25NOS2/c1-3-9-16-13-8-7-12(4-2)11-14(13)19(17)15-6-5-10-18-15/h5-6,10,12-14,16H,3-4,7-9,11H2,1-2H3. The van der Waals surface area contributed by atoms with E-state index in [9.17, 15) is 4.21 Å². The van der Waals surface area contributed by atoms with Crippen molar-refractivity contribution < 1.29 is 4.21 Å². The smallest absolute Gasteiger partial charge is 0.0914 e. The van der Waals surface area contributed by atoms with Gasteiger partial charge in [0.25, 0.3) is 0 Å². The van der Waals surface area contributed by atoms with Crippen molar-refractivity contribution in [3.05, 3.63) is 17.5 Å². The minimum Gasteiger partial charge on any atom is -0.313 e. The van der Waals surface area contributed by atoms with E-state index in [2.05, 4.69) is 19.2 Å². The van der Waals surface area contributed by atoms with Gasteiger partial charge in [0, 0.05) is 6.04 Å². The number of thiophene rings is 1. The second-order valence-corrected chi connectivity index (χ2v) is 8.26. The summed E-state index contributed by atoms with van der Waals surface area (Å²) in [5.41, 5.74) is 0. The van der Waals surface area contributed by atoms with E-state index in [0.717, 1.165) is 29.5 Å². The average Bonchev–Trinajstić information content (AvgIpc) is 2.98. The maximum atomic E-state index is 12.8. The normalized spacial score (nSPS) is 29.3. The van der Waals surface area contributed by atoms with Gasteiger partial charge in [-0.25, -0.2) is 0 Å². The third-order valence-electron chi connectivity index (χ3n) is 4.10. The lowest BCUT2D eigenvalue weighted by Crippen LogP contribution is -2.46. The summed E-state index contributed by atoms with van der Waals surface area (Å²) < 4.78 is 13.8. The Labute approximate surface area is 123 Å². The Bertz CT molecular complexity index is 391. The van der Waals surface area contributed by atoms with Crippen molar-refractivity contribution in [1.82, 2.24) is 5.32 Å². The van der Waals surface area contributed by atoms with Crippen molar-refractivity contribution >= 4 is 22.1 Å². The van der Waals surface area contributed by atoms with Crippen LogP contribution in [0.15, 0.2) is 21.7 Å². The molecule has 1 aromatic rings. The Hall–Kier alpha value is -0.190. The minimum absolute atomic E-state index is 0.295. The minimum atomic E-state index is -0.839. The van der Waals surface area contributed by atoms with E-state index in [1.165, 1.54) is 19.3 Å². The van der Waals surface area contributed by atoms with Crippen molar-refractivity contribution in [3.8, 4) is 0 Å². The average molecular weight is 300 g/mol. The van der Waals surface area contributed by atoms with Crippen LogP contribution >= 0.6 is 11.3 Å². The van der Waals surface area contributed by atoms with Gasteiger partial charge in [-0.15, -0.1) is 11.3 Å². The van der Waals surface area contributed by atoms with Gasteiger partial charge < -0.3 is 5.32 Å². The molecule has 0 saturated heterocycles. The van der Waals surface area contributed by atoms with Gasteiger partial charge in [0.15, 0.2) is 0 Å². The molecule has 0 radical (unpaired) electrons. The Morgan fingerprint density at radius 3 is 2.89 bits per heavy atom. The van der Waals surface area contributed by atoms with Gasteiger partial charge in [0.05, 0.1) is 20.3 Å². The van der Waals surface area contributed by atoms with Crippen molar-refractivity contribution in [2.45, 2.75) is 61.5 Å². The summed E-state index contributed by atoms with van der Waals surface area (Å²) in [6, 6.07) is 4.46. The van der Waals surface area contributed by atoms with E-state index in [1.807, 2.05) is 17.5 Å². The van der Waals surface area contributed by atoms with E-state index >= 15 is 0 Å². The van der Waals surface area contributed by atoms with Gasteiger partial charge >= 0.3 is 0 Å². The molecule has 0 spiro atoms. The Kier molecular flexibility index (Phi) is 6.05. The molecule has 0 bridgehead atoms. The topological polar surface area (TPSA) is 29.1 Å². The molecule has 1 heterocycles. The van der Waals surface area contributed by atoms with Crippen LogP contribution in [-0.4, -0.2) is 22.0 Å². The zero-order valence-corrected chi connectivity index (χ0v) is 13.6.